The molecule has 6 nitrogen and oxygen atoms in total. The van der Waals surface area contributed by atoms with Crippen LogP contribution in [0.15, 0.2) is 23.2 Å². The number of rotatable bonds is 5. The monoisotopic (exact) mass is 284 g/mol. The first-order valence-corrected chi connectivity index (χ1v) is 7.85. The highest BCUT2D eigenvalue weighted by Gasteiger charge is 2.24. The zero-order valence-corrected chi connectivity index (χ0v) is 11.9. The maximum Gasteiger partial charge on any atom is 0.246 e. The van der Waals surface area contributed by atoms with E-state index in [1.165, 1.54) is 29.4 Å². The van der Waals surface area contributed by atoms with Crippen LogP contribution < -0.4 is 5.73 Å². The number of aromatic nitrogens is 1. The molecule has 0 bridgehead atoms. The summed E-state index contributed by atoms with van der Waals surface area (Å²) in [4.78, 5) is 6.19. The lowest BCUT2D eigenvalue weighted by atomic mass is 10.4. The van der Waals surface area contributed by atoms with Gasteiger partial charge < -0.3 is 10.6 Å². The fourth-order valence-corrected chi connectivity index (χ4v) is 3.42. The molecule has 19 heavy (non-hydrogen) atoms. The summed E-state index contributed by atoms with van der Waals surface area (Å²) in [6.07, 6.45) is 3.89. The van der Waals surface area contributed by atoms with Crippen LogP contribution in [0.25, 0.3) is 0 Å². The van der Waals surface area contributed by atoms with Crippen LogP contribution in [0, 0.1) is 0 Å². The Morgan fingerprint density at radius 2 is 2.11 bits per heavy atom. The third-order valence-corrected chi connectivity index (χ3v) is 5.32. The molecule has 0 radical (unpaired) electrons. The van der Waals surface area contributed by atoms with Gasteiger partial charge in [0.15, 0.2) is 0 Å². The summed E-state index contributed by atoms with van der Waals surface area (Å²) in [5.41, 5.74) is 5.64. The molecule has 0 aliphatic carbocycles. The minimum atomic E-state index is -3.54. The molecule has 0 amide bonds. The van der Waals surface area contributed by atoms with Crippen molar-refractivity contribution >= 4 is 15.8 Å². The Balaban J connectivity index is 2.04. The molecule has 2 rings (SSSR count). The molecular formula is C12H20N4O2S. The fraction of sp³-hybridized carbons (Fsp3) is 0.583. The van der Waals surface area contributed by atoms with Gasteiger partial charge in [-0.3, -0.25) is 0 Å². The predicted octanol–water partition coefficient (Wildman–Crippen LogP) is 0.380. The Morgan fingerprint density at radius 1 is 1.42 bits per heavy atom. The highest BCUT2D eigenvalue weighted by Crippen LogP contribution is 2.19. The maximum absolute atomic E-state index is 12.3. The van der Waals surface area contributed by atoms with E-state index < -0.39 is 10.0 Å². The highest BCUT2D eigenvalue weighted by molar-refractivity contribution is 7.89. The summed E-state index contributed by atoms with van der Waals surface area (Å²) in [6.45, 7) is 3.35. The zero-order chi connectivity index (χ0) is 13.9. The molecule has 0 aromatic carbocycles. The van der Waals surface area contributed by atoms with Crippen LogP contribution in [0.5, 0.6) is 0 Å². The molecule has 1 aromatic heterocycles. The van der Waals surface area contributed by atoms with Crippen molar-refractivity contribution in [3.05, 3.63) is 18.3 Å². The fourth-order valence-electron chi connectivity index (χ4n) is 2.20. The molecular weight excluding hydrogens is 264 g/mol. The lowest BCUT2D eigenvalue weighted by Crippen LogP contribution is -2.35. The van der Waals surface area contributed by atoms with Crippen molar-refractivity contribution in [3.8, 4) is 0 Å². The first-order chi connectivity index (χ1) is 9.01. The van der Waals surface area contributed by atoms with Gasteiger partial charge in [0.1, 0.15) is 10.7 Å². The van der Waals surface area contributed by atoms with Gasteiger partial charge in [0.2, 0.25) is 10.0 Å². The third-order valence-electron chi connectivity index (χ3n) is 3.42. The minimum absolute atomic E-state index is 0.0514. The Labute approximate surface area is 114 Å². The van der Waals surface area contributed by atoms with Crippen molar-refractivity contribution in [2.45, 2.75) is 17.7 Å². The smallest absolute Gasteiger partial charge is 0.246 e. The van der Waals surface area contributed by atoms with Crippen molar-refractivity contribution < 1.29 is 8.42 Å². The van der Waals surface area contributed by atoms with Gasteiger partial charge in [-0.15, -0.1) is 0 Å². The van der Waals surface area contributed by atoms with E-state index in [4.69, 9.17) is 5.73 Å². The molecule has 1 fully saturated rings. The van der Waals surface area contributed by atoms with Crippen LogP contribution in [0.4, 0.5) is 5.82 Å². The molecule has 1 aromatic rings. The summed E-state index contributed by atoms with van der Waals surface area (Å²) < 4.78 is 26.0. The molecule has 0 saturated carbocycles. The van der Waals surface area contributed by atoms with Crippen molar-refractivity contribution in [3.63, 3.8) is 0 Å². The van der Waals surface area contributed by atoms with E-state index in [9.17, 15) is 8.42 Å². The van der Waals surface area contributed by atoms with Crippen LogP contribution in [0.3, 0.4) is 0 Å². The zero-order valence-electron chi connectivity index (χ0n) is 11.1. The van der Waals surface area contributed by atoms with Gasteiger partial charge in [0.05, 0.1) is 0 Å². The number of nitrogens with zero attached hydrogens (tertiary/aromatic N) is 3. The van der Waals surface area contributed by atoms with Gasteiger partial charge >= 0.3 is 0 Å². The quantitative estimate of drug-likeness (QED) is 0.845. The standard InChI is InChI=1S/C12H20N4O2S/c1-15(9-10-16-7-2-3-8-16)19(17,18)11-5-4-6-14-12(11)13/h4-6H,2-3,7-10H2,1H3,(H2,13,14). The number of anilines is 1. The van der Waals surface area contributed by atoms with Gasteiger partial charge in [-0.05, 0) is 38.1 Å². The number of hydrogen-bond acceptors (Lipinski definition) is 5. The van der Waals surface area contributed by atoms with E-state index in [2.05, 4.69) is 9.88 Å². The molecule has 0 unspecified atom stereocenters. The van der Waals surface area contributed by atoms with E-state index in [0.717, 1.165) is 19.6 Å². The van der Waals surface area contributed by atoms with Crippen molar-refractivity contribution in [2.24, 2.45) is 0 Å². The third kappa shape index (κ3) is 3.23. The Hall–Kier alpha value is -1.18. The van der Waals surface area contributed by atoms with Gasteiger partial charge in [-0.2, -0.15) is 4.31 Å². The summed E-state index contributed by atoms with van der Waals surface area (Å²) in [7, 11) is -1.96. The molecule has 2 N–H and O–H groups in total. The molecule has 2 heterocycles. The van der Waals surface area contributed by atoms with Gasteiger partial charge in [-0.1, -0.05) is 0 Å². The molecule has 1 aliphatic rings. The Kier molecular flexibility index (Phi) is 4.38. The highest BCUT2D eigenvalue weighted by atomic mass is 32.2. The van der Waals surface area contributed by atoms with E-state index in [1.807, 2.05) is 0 Å². The number of hydrogen-bond donors (Lipinski definition) is 1. The van der Waals surface area contributed by atoms with Crippen LogP contribution in [0.1, 0.15) is 12.8 Å². The molecule has 106 valence electrons. The summed E-state index contributed by atoms with van der Waals surface area (Å²) >= 11 is 0. The second kappa shape index (κ2) is 5.85. The van der Waals surface area contributed by atoms with Gasteiger partial charge in [0.25, 0.3) is 0 Å². The second-order valence-electron chi connectivity index (χ2n) is 4.76. The van der Waals surface area contributed by atoms with Crippen LogP contribution in [-0.2, 0) is 10.0 Å². The number of likely N-dealkylation sites (tertiary alicyclic amines) is 1. The summed E-state index contributed by atoms with van der Waals surface area (Å²) in [5.74, 6) is 0.0514. The van der Waals surface area contributed by atoms with E-state index in [0.29, 0.717) is 6.54 Å². The topological polar surface area (TPSA) is 79.5 Å². The number of nitrogen functional groups attached to an aromatic ring is 1. The maximum atomic E-state index is 12.3. The lowest BCUT2D eigenvalue weighted by molar-refractivity contribution is 0.310. The first-order valence-electron chi connectivity index (χ1n) is 6.41. The van der Waals surface area contributed by atoms with E-state index in [-0.39, 0.29) is 10.7 Å². The number of likely N-dealkylation sites (N-methyl/N-ethyl adjacent to an activating group) is 1. The Morgan fingerprint density at radius 3 is 2.74 bits per heavy atom. The second-order valence-corrected chi connectivity index (χ2v) is 6.78. The van der Waals surface area contributed by atoms with Crippen molar-refractivity contribution in [2.75, 3.05) is 39.0 Å². The SMILES string of the molecule is CN(CCN1CCCC1)S(=O)(=O)c1cccnc1N. The summed E-state index contributed by atoms with van der Waals surface area (Å²) in [6, 6.07) is 3.07. The average Bonchev–Trinajstić information content (AvgIpc) is 2.89. The van der Waals surface area contributed by atoms with E-state index in [1.54, 1.807) is 13.1 Å². The van der Waals surface area contributed by atoms with Gasteiger partial charge in [0, 0.05) is 26.3 Å². The average molecular weight is 284 g/mol. The van der Waals surface area contributed by atoms with Crippen LogP contribution >= 0.6 is 0 Å². The van der Waals surface area contributed by atoms with Crippen LogP contribution in [-0.4, -0.2) is 55.8 Å². The van der Waals surface area contributed by atoms with E-state index >= 15 is 0 Å². The number of nitrogens with two attached hydrogens (primary N) is 1. The predicted molar refractivity (Wildman–Crippen MR) is 74.1 cm³/mol. The Bertz CT molecular complexity index is 526. The van der Waals surface area contributed by atoms with Gasteiger partial charge in [-0.25, -0.2) is 13.4 Å². The molecule has 1 aliphatic heterocycles. The van der Waals surface area contributed by atoms with Crippen molar-refractivity contribution in [1.29, 1.82) is 0 Å². The lowest BCUT2D eigenvalue weighted by Gasteiger charge is -2.21. The molecule has 7 heteroatoms. The number of pyridine rings is 1. The summed E-state index contributed by atoms with van der Waals surface area (Å²) in [5, 5.41) is 0. The number of sulfonamides is 1. The van der Waals surface area contributed by atoms with Crippen molar-refractivity contribution in [1.82, 2.24) is 14.2 Å². The van der Waals surface area contributed by atoms with Crippen LogP contribution in [0.2, 0.25) is 0 Å². The largest absolute Gasteiger partial charge is 0.383 e. The molecule has 0 spiro atoms. The normalized spacial score (nSPS) is 17.2. The molecule has 0 atom stereocenters. The molecule has 1 saturated heterocycles. The minimum Gasteiger partial charge on any atom is -0.383 e. The first kappa shape index (κ1) is 14.2.